The van der Waals surface area contributed by atoms with Gasteiger partial charge in [-0.2, -0.15) is 0 Å². The highest BCUT2D eigenvalue weighted by atomic mass is 16.5. The lowest BCUT2D eigenvalue weighted by Crippen LogP contribution is -2.52. The van der Waals surface area contributed by atoms with Crippen LogP contribution in [0.4, 0.5) is 0 Å². The van der Waals surface area contributed by atoms with Crippen molar-refractivity contribution in [2.24, 2.45) is 5.92 Å². The molecule has 1 aliphatic heterocycles. The van der Waals surface area contributed by atoms with Crippen molar-refractivity contribution in [2.75, 3.05) is 32.8 Å². The van der Waals surface area contributed by atoms with Gasteiger partial charge in [-0.3, -0.25) is 9.59 Å². The van der Waals surface area contributed by atoms with Gasteiger partial charge in [0.1, 0.15) is 5.75 Å². The van der Waals surface area contributed by atoms with E-state index in [9.17, 15) is 9.59 Å². The first kappa shape index (κ1) is 19.3. The molecule has 0 N–H and O–H groups in total. The summed E-state index contributed by atoms with van der Waals surface area (Å²) in [7, 11) is 0. The molecule has 1 heterocycles. The molecule has 0 bridgehead atoms. The van der Waals surface area contributed by atoms with Gasteiger partial charge >= 0.3 is 0 Å². The quantitative estimate of drug-likeness (QED) is 0.796. The van der Waals surface area contributed by atoms with Gasteiger partial charge in [0.2, 0.25) is 5.91 Å². The van der Waals surface area contributed by atoms with Crippen molar-refractivity contribution in [3.05, 3.63) is 29.3 Å². The molecule has 1 aromatic rings. The number of ether oxygens (including phenoxy) is 1. The number of hydrogen-bond donors (Lipinski definition) is 0. The van der Waals surface area contributed by atoms with E-state index in [0.29, 0.717) is 26.2 Å². The summed E-state index contributed by atoms with van der Waals surface area (Å²) < 4.78 is 5.63. The maximum Gasteiger partial charge on any atom is 0.260 e. The molecule has 0 unspecified atom stereocenters. The molecule has 5 nitrogen and oxygen atoms in total. The van der Waals surface area contributed by atoms with Gasteiger partial charge in [-0.15, -0.1) is 0 Å². The highest BCUT2D eigenvalue weighted by Crippen LogP contribution is 2.17. The van der Waals surface area contributed by atoms with Crippen LogP contribution in [0.25, 0.3) is 0 Å². The Bertz CT molecular complexity index is 603. The molecule has 5 heteroatoms. The maximum atomic E-state index is 12.4. The van der Waals surface area contributed by atoms with E-state index in [-0.39, 0.29) is 24.3 Å². The zero-order valence-electron chi connectivity index (χ0n) is 15.9. The Morgan fingerprint density at radius 3 is 2.16 bits per heavy atom. The van der Waals surface area contributed by atoms with E-state index in [0.717, 1.165) is 24.2 Å². The van der Waals surface area contributed by atoms with Gasteiger partial charge in [-0.05, 0) is 49.9 Å². The minimum absolute atomic E-state index is 0.0205. The second-order valence-electron chi connectivity index (χ2n) is 6.75. The van der Waals surface area contributed by atoms with Gasteiger partial charge in [0, 0.05) is 32.1 Å². The maximum absolute atomic E-state index is 12.4. The average Bonchev–Trinajstić information content (AvgIpc) is 2.63. The lowest BCUT2D eigenvalue weighted by atomic mass is 10.0. The van der Waals surface area contributed by atoms with E-state index in [4.69, 9.17) is 4.74 Å². The molecule has 1 aromatic carbocycles. The summed E-state index contributed by atoms with van der Waals surface area (Å²) in [4.78, 5) is 28.4. The standard InChI is InChI=1S/C20H30N2O3/c1-5-17(6-2)20(24)22-11-9-21(10-12-22)19(23)14-25-18-8-7-15(3)16(4)13-18/h7-8,13,17H,5-6,9-12,14H2,1-4H3. The molecule has 138 valence electrons. The monoisotopic (exact) mass is 346 g/mol. The zero-order chi connectivity index (χ0) is 18.4. The lowest BCUT2D eigenvalue weighted by Gasteiger charge is -2.36. The van der Waals surface area contributed by atoms with Crippen LogP contribution in [-0.2, 0) is 9.59 Å². The van der Waals surface area contributed by atoms with Crippen molar-refractivity contribution in [3.8, 4) is 5.75 Å². The zero-order valence-corrected chi connectivity index (χ0v) is 15.9. The van der Waals surface area contributed by atoms with Crippen LogP contribution in [0.2, 0.25) is 0 Å². The first-order valence-electron chi connectivity index (χ1n) is 9.22. The predicted octanol–water partition coefficient (Wildman–Crippen LogP) is 2.79. The van der Waals surface area contributed by atoms with Crippen LogP contribution >= 0.6 is 0 Å². The highest BCUT2D eigenvalue weighted by molar-refractivity contribution is 5.80. The van der Waals surface area contributed by atoms with Crippen LogP contribution in [0, 0.1) is 19.8 Å². The number of rotatable bonds is 6. The first-order chi connectivity index (χ1) is 12.0. The van der Waals surface area contributed by atoms with Gasteiger partial charge in [-0.1, -0.05) is 19.9 Å². The highest BCUT2D eigenvalue weighted by Gasteiger charge is 2.27. The molecular formula is C20H30N2O3. The number of piperazine rings is 1. The number of hydrogen-bond acceptors (Lipinski definition) is 3. The molecule has 1 fully saturated rings. The molecule has 2 rings (SSSR count). The van der Waals surface area contributed by atoms with Crippen LogP contribution in [-0.4, -0.2) is 54.4 Å². The number of nitrogens with zero attached hydrogens (tertiary/aromatic N) is 2. The number of aryl methyl sites for hydroxylation is 2. The van der Waals surface area contributed by atoms with Crippen molar-refractivity contribution < 1.29 is 14.3 Å². The minimum atomic E-state index is -0.0205. The topological polar surface area (TPSA) is 49.9 Å². The fourth-order valence-corrected chi connectivity index (χ4v) is 3.11. The third-order valence-corrected chi connectivity index (χ3v) is 5.12. The van der Waals surface area contributed by atoms with E-state index >= 15 is 0 Å². The molecule has 0 aliphatic carbocycles. The molecule has 1 aliphatic rings. The van der Waals surface area contributed by atoms with Crippen LogP contribution in [0.3, 0.4) is 0 Å². The Labute approximate surface area is 150 Å². The second kappa shape index (κ2) is 8.88. The van der Waals surface area contributed by atoms with Gasteiger partial charge in [0.25, 0.3) is 5.91 Å². The Balaban J connectivity index is 1.81. The summed E-state index contributed by atoms with van der Waals surface area (Å²) in [5.74, 6) is 1.03. The number of amides is 2. The smallest absolute Gasteiger partial charge is 0.260 e. The van der Waals surface area contributed by atoms with Crippen LogP contribution in [0.15, 0.2) is 18.2 Å². The van der Waals surface area contributed by atoms with Crippen LogP contribution in [0.5, 0.6) is 5.75 Å². The summed E-state index contributed by atoms with van der Waals surface area (Å²) in [6.45, 7) is 10.6. The minimum Gasteiger partial charge on any atom is -0.484 e. The Morgan fingerprint density at radius 1 is 1.00 bits per heavy atom. The molecule has 1 saturated heterocycles. The van der Waals surface area contributed by atoms with E-state index < -0.39 is 0 Å². The van der Waals surface area contributed by atoms with E-state index in [1.165, 1.54) is 5.56 Å². The molecule has 2 amide bonds. The van der Waals surface area contributed by atoms with Crippen molar-refractivity contribution in [3.63, 3.8) is 0 Å². The number of carbonyl (C=O) groups excluding carboxylic acids is 2. The molecule has 0 atom stereocenters. The molecule has 0 aromatic heterocycles. The second-order valence-corrected chi connectivity index (χ2v) is 6.75. The normalized spacial score (nSPS) is 14.8. The van der Waals surface area contributed by atoms with E-state index in [2.05, 4.69) is 13.8 Å². The average molecular weight is 346 g/mol. The first-order valence-corrected chi connectivity index (χ1v) is 9.22. The van der Waals surface area contributed by atoms with Gasteiger partial charge in [0.15, 0.2) is 6.61 Å². The molecule has 25 heavy (non-hydrogen) atoms. The summed E-state index contributed by atoms with van der Waals surface area (Å²) in [5, 5.41) is 0. The summed E-state index contributed by atoms with van der Waals surface area (Å²) in [5.41, 5.74) is 2.36. The third kappa shape index (κ3) is 4.97. The van der Waals surface area contributed by atoms with Crippen molar-refractivity contribution in [2.45, 2.75) is 40.5 Å². The Hall–Kier alpha value is -2.04. The van der Waals surface area contributed by atoms with Crippen LogP contribution in [0.1, 0.15) is 37.8 Å². The SMILES string of the molecule is CCC(CC)C(=O)N1CCN(C(=O)COc2ccc(C)c(C)c2)CC1. The largest absolute Gasteiger partial charge is 0.484 e. The van der Waals surface area contributed by atoms with Crippen molar-refractivity contribution >= 4 is 11.8 Å². The lowest BCUT2D eigenvalue weighted by molar-refractivity contribution is -0.143. The number of benzene rings is 1. The molecule has 0 radical (unpaired) electrons. The Kier molecular flexibility index (Phi) is 6.85. The summed E-state index contributed by atoms with van der Waals surface area (Å²) in [6.07, 6.45) is 1.75. The Morgan fingerprint density at radius 2 is 1.60 bits per heavy atom. The summed E-state index contributed by atoms with van der Waals surface area (Å²) >= 11 is 0. The van der Waals surface area contributed by atoms with Crippen LogP contribution < -0.4 is 4.74 Å². The van der Waals surface area contributed by atoms with Gasteiger partial charge < -0.3 is 14.5 Å². The third-order valence-electron chi connectivity index (χ3n) is 5.12. The fraction of sp³-hybridized carbons (Fsp3) is 0.600. The fourth-order valence-electron chi connectivity index (χ4n) is 3.11. The summed E-state index contributed by atoms with van der Waals surface area (Å²) in [6, 6.07) is 5.84. The van der Waals surface area contributed by atoms with E-state index in [1.54, 1.807) is 4.90 Å². The molecule has 0 spiro atoms. The predicted molar refractivity (Wildman–Crippen MR) is 98.6 cm³/mol. The molecule has 0 saturated carbocycles. The number of carbonyl (C=O) groups is 2. The van der Waals surface area contributed by atoms with E-state index in [1.807, 2.05) is 36.9 Å². The molecular weight excluding hydrogens is 316 g/mol. The van der Waals surface area contributed by atoms with Gasteiger partial charge in [0.05, 0.1) is 0 Å². The van der Waals surface area contributed by atoms with Crippen molar-refractivity contribution in [1.29, 1.82) is 0 Å². The van der Waals surface area contributed by atoms with Gasteiger partial charge in [-0.25, -0.2) is 0 Å². The van der Waals surface area contributed by atoms with Crippen molar-refractivity contribution in [1.82, 2.24) is 9.80 Å².